The van der Waals surface area contributed by atoms with Crippen molar-refractivity contribution >= 4 is 17.4 Å². The summed E-state index contributed by atoms with van der Waals surface area (Å²) < 4.78 is 11.1. The van der Waals surface area contributed by atoms with Crippen molar-refractivity contribution < 1.29 is 14.3 Å². The lowest BCUT2D eigenvalue weighted by atomic mass is 10.1. The Kier molecular flexibility index (Phi) is 5.29. The fraction of sp³-hybridized carbons (Fsp3) is 0.227. The first-order chi connectivity index (χ1) is 14.1. The fourth-order valence-corrected chi connectivity index (χ4v) is 3.11. The number of hydrogen-bond acceptors (Lipinski definition) is 6. The number of benzene rings is 2. The largest absolute Gasteiger partial charge is 0.486 e. The highest BCUT2D eigenvalue weighted by atomic mass is 16.6. The molecule has 0 unspecified atom stereocenters. The number of amides is 1. The van der Waals surface area contributed by atoms with Crippen molar-refractivity contribution in [2.75, 3.05) is 18.5 Å². The zero-order valence-electron chi connectivity index (χ0n) is 16.4. The molecule has 2 aromatic carbocycles. The van der Waals surface area contributed by atoms with Gasteiger partial charge in [-0.15, -0.1) is 0 Å². The minimum absolute atomic E-state index is 0.248. The number of fused-ring (bicyclic) bond motifs is 1. The molecule has 0 fully saturated rings. The van der Waals surface area contributed by atoms with Gasteiger partial charge in [0.05, 0.1) is 0 Å². The molecule has 1 aliphatic rings. The van der Waals surface area contributed by atoms with Crippen LogP contribution in [-0.2, 0) is 6.54 Å². The third kappa shape index (κ3) is 4.63. The van der Waals surface area contributed by atoms with Crippen LogP contribution >= 0.6 is 0 Å². The molecule has 148 valence electrons. The molecule has 4 rings (SSSR count). The summed E-state index contributed by atoms with van der Waals surface area (Å²) in [5, 5.41) is 6.11. The van der Waals surface area contributed by atoms with Crippen LogP contribution in [0.15, 0.2) is 48.5 Å². The van der Waals surface area contributed by atoms with Gasteiger partial charge < -0.3 is 20.1 Å². The van der Waals surface area contributed by atoms with Gasteiger partial charge >= 0.3 is 0 Å². The van der Waals surface area contributed by atoms with E-state index in [0.29, 0.717) is 42.8 Å². The van der Waals surface area contributed by atoms with Crippen molar-refractivity contribution in [3.63, 3.8) is 0 Å². The summed E-state index contributed by atoms with van der Waals surface area (Å²) in [6.45, 7) is 5.29. The SMILES string of the molecule is Cc1cccc(CNC(=O)c2cc(Nc3ccc4c(c3)OCCO4)nc(C)n2)c1. The first-order valence-electron chi connectivity index (χ1n) is 9.43. The molecular weight excluding hydrogens is 368 g/mol. The predicted octanol–water partition coefficient (Wildman–Crippen LogP) is 3.54. The lowest BCUT2D eigenvalue weighted by Crippen LogP contribution is -2.24. The van der Waals surface area contributed by atoms with E-state index in [1.54, 1.807) is 13.0 Å². The summed E-state index contributed by atoms with van der Waals surface area (Å²) in [6.07, 6.45) is 0. The zero-order chi connectivity index (χ0) is 20.2. The molecule has 7 nitrogen and oxygen atoms in total. The predicted molar refractivity (Wildman–Crippen MR) is 110 cm³/mol. The molecule has 2 N–H and O–H groups in total. The van der Waals surface area contributed by atoms with Crippen LogP contribution in [0.25, 0.3) is 0 Å². The Balaban J connectivity index is 1.47. The van der Waals surface area contributed by atoms with Gasteiger partial charge in [0.2, 0.25) is 0 Å². The summed E-state index contributed by atoms with van der Waals surface area (Å²) in [4.78, 5) is 21.2. The molecule has 0 radical (unpaired) electrons. The summed E-state index contributed by atoms with van der Waals surface area (Å²) in [5.74, 6) is 2.20. The van der Waals surface area contributed by atoms with Crippen LogP contribution in [0, 0.1) is 13.8 Å². The van der Waals surface area contributed by atoms with Gasteiger partial charge in [-0.2, -0.15) is 0 Å². The number of ether oxygens (including phenoxy) is 2. The highest BCUT2D eigenvalue weighted by Gasteiger charge is 2.14. The van der Waals surface area contributed by atoms with Gasteiger partial charge in [0.15, 0.2) is 11.5 Å². The minimum atomic E-state index is -0.248. The highest BCUT2D eigenvalue weighted by molar-refractivity contribution is 5.93. The van der Waals surface area contributed by atoms with Crippen molar-refractivity contribution in [2.45, 2.75) is 20.4 Å². The average molecular weight is 390 g/mol. The van der Waals surface area contributed by atoms with Crippen molar-refractivity contribution in [3.05, 3.63) is 71.2 Å². The Morgan fingerprint density at radius 2 is 1.83 bits per heavy atom. The molecule has 1 aromatic heterocycles. The van der Waals surface area contributed by atoms with E-state index < -0.39 is 0 Å². The number of carbonyl (C=O) groups is 1. The first kappa shape index (κ1) is 18.7. The van der Waals surface area contributed by atoms with Gasteiger partial charge in [-0.05, 0) is 31.5 Å². The smallest absolute Gasteiger partial charge is 0.270 e. The number of nitrogens with zero attached hydrogens (tertiary/aromatic N) is 2. The highest BCUT2D eigenvalue weighted by Crippen LogP contribution is 2.33. The number of nitrogens with one attached hydrogen (secondary N) is 2. The second-order valence-corrected chi connectivity index (χ2v) is 6.84. The second kappa shape index (κ2) is 8.18. The number of anilines is 2. The van der Waals surface area contributed by atoms with E-state index in [0.717, 1.165) is 22.6 Å². The summed E-state index contributed by atoms with van der Waals surface area (Å²) in [5.41, 5.74) is 3.29. The molecule has 1 aliphatic heterocycles. The van der Waals surface area contributed by atoms with Crippen LogP contribution < -0.4 is 20.1 Å². The van der Waals surface area contributed by atoms with Gasteiger partial charge in [0.25, 0.3) is 5.91 Å². The van der Waals surface area contributed by atoms with Crippen molar-refractivity contribution in [1.82, 2.24) is 15.3 Å². The Bertz CT molecular complexity index is 1050. The normalized spacial score (nSPS) is 12.3. The number of hydrogen-bond donors (Lipinski definition) is 2. The first-order valence-corrected chi connectivity index (χ1v) is 9.43. The monoisotopic (exact) mass is 390 g/mol. The van der Waals surface area contributed by atoms with Crippen LogP contribution in [0.5, 0.6) is 11.5 Å². The molecule has 0 aliphatic carbocycles. The lowest BCUT2D eigenvalue weighted by molar-refractivity contribution is 0.0945. The molecular formula is C22H22N4O3. The van der Waals surface area contributed by atoms with Crippen molar-refractivity contribution in [1.29, 1.82) is 0 Å². The molecule has 1 amide bonds. The van der Waals surface area contributed by atoms with Gasteiger partial charge in [0.1, 0.15) is 30.5 Å². The Morgan fingerprint density at radius 3 is 2.66 bits per heavy atom. The van der Waals surface area contributed by atoms with Gasteiger partial charge in [-0.1, -0.05) is 29.8 Å². The Labute approximate surface area is 169 Å². The average Bonchev–Trinajstić information content (AvgIpc) is 2.71. The second-order valence-electron chi connectivity index (χ2n) is 6.84. The molecule has 3 aromatic rings. The molecule has 29 heavy (non-hydrogen) atoms. The zero-order valence-corrected chi connectivity index (χ0v) is 16.4. The maximum atomic E-state index is 12.6. The number of carbonyl (C=O) groups excluding carboxylic acids is 1. The number of rotatable bonds is 5. The third-order valence-electron chi connectivity index (χ3n) is 4.42. The quantitative estimate of drug-likeness (QED) is 0.693. The van der Waals surface area contributed by atoms with Crippen LogP contribution in [-0.4, -0.2) is 29.1 Å². The summed E-state index contributed by atoms with van der Waals surface area (Å²) in [6, 6.07) is 15.2. The van der Waals surface area contributed by atoms with Crippen molar-refractivity contribution in [2.24, 2.45) is 0 Å². The number of aromatic nitrogens is 2. The minimum Gasteiger partial charge on any atom is -0.486 e. The van der Waals surface area contributed by atoms with Gasteiger partial charge in [-0.3, -0.25) is 4.79 Å². The third-order valence-corrected chi connectivity index (χ3v) is 4.42. The number of aryl methyl sites for hydroxylation is 2. The summed E-state index contributed by atoms with van der Waals surface area (Å²) in [7, 11) is 0. The Morgan fingerprint density at radius 1 is 1.00 bits per heavy atom. The van der Waals surface area contributed by atoms with Crippen LogP contribution in [0.4, 0.5) is 11.5 Å². The van der Waals surface area contributed by atoms with E-state index in [9.17, 15) is 4.79 Å². The van der Waals surface area contributed by atoms with E-state index >= 15 is 0 Å². The van der Waals surface area contributed by atoms with Gasteiger partial charge in [0, 0.05) is 24.4 Å². The maximum Gasteiger partial charge on any atom is 0.270 e. The standard InChI is InChI=1S/C22H22N4O3/c1-14-4-3-5-16(10-14)13-23-22(27)18-12-21(25-15(2)24-18)26-17-6-7-19-20(11-17)29-9-8-28-19/h3-7,10-12H,8-9,13H2,1-2H3,(H,23,27)(H,24,25,26). The molecule has 0 spiro atoms. The summed E-state index contributed by atoms with van der Waals surface area (Å²) >= 11 is 0. The van der Waals surface area contributed by atoms with Gasteiger partial charge in [-0.25, -0.2) is 9.97 Å². The van der Waals surface area contributed by atoms with E-state index in [2.05, 4.69) is 20.6 Å². The molecule has 0 bridgehead atoms. The fourth-order valence-electron chi connectivity index (χ4n) is 3.11. The molecule has 2 heterocycles. The van der Waals surface area contributed by atoms with E-state index in [1.807, 2.05) is 49.4 Å². The van der Waals surface area contributed by atoms with E-state index in [4.69, 9.17) is 9.47 Å². The van der Waals surface area contributed by atoms with E-state index in [-0.39, 0.29) is 5.91 Å². The van der Waals surface area contributed by atoms with E-state index in [1.165, 1.54) is 0 Å². The van der Waals surface area contributed by atoms with Crippen molar-refractivity contribution in [3.8, 4) is 11.5 Å². The van der Waals surface area contributed by atoms with Crippen LogP contribution in [0.2, 0.25) is 0 Å². The topological polar surface area (TPSA) is 85.4 Å². The Hall–Kier alpha value is -3.61. The molecule has 0 saturated heterocycles. The molecule has 0 atom stereocenters. The van der Waals surface area contributed by atoms with Crippen LogP contribution in [0.1, 0.15) is 27.4 Å². The molecule has 0 saturated carbocycles. The van der Waals surface area contributed by atoms with Crippen LogP contribution in [0.3, 0.4) is 0 Å². The molecule has 7 heteroatoms. The lowest BCUT2D eigenvalue weighted by Gasteiger charge is -2.19. The maximum absolute atomic E-state index is 12.6.